The van der Waals surface area contributed by atoms with Gasteiger partial charge in [-0.1, -0.05) is 32.3 Å². The molecule has 0 radical (unpaired) electrons. The first-order valence-electron chi connectivity index (χ1n) is 6.90. The summed E-state index contributed by atoms with van der Waals surface area (Å²) in [5.74, 6) is -0.506. The Morgan fingerprint density at radius 3 is 2.74 bits per heavy atom. The van der Waals surface area contributed by atoms with E-state index >= 15 is 0 Å². The minimum atomic E-state index is -1.16. The molecular weight excluding hydrogens is 240 g/mol. The van der Waals surface area contributed by atoms with Crippen molar-refractivity contribution in [1.82, 2.24) is 4.98 Å². The molecule has 0 aliphatic carbocycles. The molecule has 19 heavy (non-hydrogen) atoms. The average molecular weight is 264 g/mol. The first kappa shape index (κ1) is 15.6. The molecule has 0 fully saturated rings. The van der Waals surface area contributed by atoms with Gasteiger partial charge in [-0.05, 0) is 32.4 Å². The molecule has 0 aliphatic heterocycles. The van der Waals surface area contributed by atoms with E-state index in [0.717, 1.165) is 12.8 Å². The van der Waals surface area contributed by atoms with Crippen LogP contribution in [0.15, 0.2) is 24.4 Å². The first-order valence-corrected chi connectivity index (χ1v) is 6.90. The predicted molar refractivity (Wildman–Crippen MR) is 75.5 cm³/mol. The highest BCUT2D eigenvalue weighted by Gasteiger charge is 2.37. The monoisotopic (exact) mass is 264 g/mol. The summed E-state index contributed by atoms with van der Waals surface area (Å²) in [5.41, 5.74) is 4.90. The Labute approximate surface area is 115 Å². The van der Waals surface area contributed by atoms with Crippen LogP contribution < -0.4 is 5.73 Å². The number of ether oxygens (including phenoxy) is 1. The van der Waals surface area contributed by atoms with Gasteiger partial charge in [-0.15, -0.1) is 0 Å². The topological polar surface area (TPSA) is 65.2 Å². The van der Waals surface area contributed by atoms with E-state index in [2.05, 4.69) is 11.9 Å². The molecule has 4 nitrogen and oxygen atoms in total. The number of amides is 1. The lowest BCUT2D eigenvalue weighted by molar-refractivity contribution is -0.151. The maximum atomic E-state index is 11.7. The van der Waals surface area contributed by atoms with Crippen molar-refractivity contribution >= 4 is 5.91 Å². The summed E-state index contributed by atoms with van der Waals surface area (Å²) in [6, 6.07) is 5.40. The molecule has 4 heteroatoms. The largest absolute Gasteiger partial charge is 0.367 e. The van der Waals surface area contributed by atoms with Crippen molar-refractivity contribution in [3.05, 3.63) is 30.1 Å². The number of carbonyl (C=O) groups excluding carboxylic acids is 1. The number of hydrogen-bond acceptors (Lipinski definition) is 3. The van der Waals surface area contributed by atoms with Gasteiger partial charge in [0.25, 0.3) is 5.91 Å². The molecule has 2 atom stereocenters. The number of pyridine rings is 1. The van der Waals surface area contributed by atoms with Gasteiger partial charge in [-0.3, -0.25) is 9.78 Å². The summed E-state index contributed by atoms with van der Waals surface area (Å²) in [7, 11) is 0. The van der Waals surface area contributed by atoms with E-state index < -0.39 is 11.5 Å². The maximum Gasteiger partial charge on any atom is 0.255 e. The van der Waals surface area contributed by atoms with Crippen molar-refractivity contribution in [3.8, 4) is 0 Å². The van der Waals surface area contributed by atoms with E-state index in [0.29, 0.717) is 5.69 Å². The fourth-order valence-electron chi connectivity index (χ4n) is 2.03. The standard InChI is InChI=1S/C15H24N2O2/c1-4-5-6-9-12(2)19-15(3,14(16)18)13-10-7-8-11-17-13/h7-8,10-12H,4-6,9H2,1-3H3,(H2,16,18). The third-order valence-electron chi connectivity index (χ3n) is 3.27. The number of unbranched alkanes of at least 4 members (excludes halogenated alkanes) is 2. The van der Waals surface area contributed by atoms with Crippen LogP contribution in [-0.4, -0.2) is 17.0 Å². The van der Waals surface area contributed by atoms with Gasteiger partial charge >= 0.3 is 0 Å². The van der Waals surface area contributed by atoms with Crippen LogP contribution >= 0.6 is 0 Å². The van der Waals surface area contributed by atoms with Crippen LogP contribution in [0.25, 0.3) is 0 Å². The lowest BCUT2D eigenvalue weighted by Gasteiger charge is -2.29. The lowest BCUT2D eigenvalue weighted by atomic mass is 9.99. The normalized spacial score (nSPS) is 15.7. The number of hydrogen-bond donors (Lipinski definition) is 1. The highest BCUT2D eigenvalue weighted by molar-refractivity contribution is 5.84. The number of rotatable bonds is 8. The Morgan fingerprint density at radius 1 is 1.47 bits per heavy atom. The zero-order chi connectivity index (χ0) is 14.3. The van der Waals surface area contributed by atoms with Crippen LogP contribution in [0.2, 0.25) is 0 Å². The van der Waals surface area contributed by atoms with Gasteiger partial charge in [-0.2, -0.15) is 0 Å². The third-order valence-corrected chi connectivity index (χ3v) is 3.27. The quantitative estimate of drug-likeness (QED) is 0.734. The molecule has 1 rings (SSSR count). The highest BCUT2D eigenvalue weighted by Crippen LogP contribution is 2.26. The molecule has 0 spiro atoms. The summed E-state index contributed by atoms with van der Waals surface area (Å²) < 4.78 is 5.89. The van der Waals surface area contributed by atoms with Crippen LogP contribution in [0, 0.1) is 0 Å². The Balaban J connectivity index is 2.75. The maximum absolute atomic E-state index is 11.7. The van der Waals surface area contributed by atoms with Crippen LogP contribution in [0.4, 0.5) is 0 Å². The fourth-order valence-corrected chi connectivity index (χ4v) is 2.03. The third kappa shape index (κ3) is 4.31. The highest BCUT2D eigenvalue weighted by atomic mass is 16.5. The fraction of sp³-hybridized carbons (Fsp3) is 0.600. The van der Waals surface area contributed by atoms with Gasteiger partial charge in [0.15, 0.2) is 5.60 Å². The second-order valence-corrected chi connectivity index (χ2v) is 5.04. The van der Waals surface area contributed by atoms with E-state index in [-0.39, 0.29) is 6.10 Å². The Kier molecular flexibility index (Phi) is 5.96. The van der Waals surface area contributed by atoms with Crippen molar-refractivity contribution in [2.24, 2.45) is 5.73 Å². The van der Waals surface area contributed by atoms with Crippen molar-refractivity contribution in [3.63, 3.8) is 0 Å². The lowest BCUT2D eigenvalue weighted by Crippen LogP contribution is -2.43. The minimum Gasteiger partial charge on any atom is -0.367 e. The molecule has 1 aromatic heterocycles. The molecule has 1 heterocycles. The first-order chi connectivity index (χ1) is 9.00. The predicted octanol–water partition coefficient (Wildman–Crippen LogP) is 2.77. The van der Waals surface area contributed by atoms with Gasteiger partial charge in [-0.25, -0.2) is 0 Å². The second-order valence-electron chi connectivity index (χ2n) is 5.04. The van der Waals surface area contributed by atoms with Crippen molar-refractivity contribution in [2.75, 3.05) is 0 Å². The molecule has 0 aliphatic rings. The van der Waals surface area contributed by atoms with E-state index in [4.69, 9.17) is 10.5 Å². The van der Waals surface area contributed by atoms with Crippen LogP contribution in [0.1, 0.15) is 52.1 Å². The number of primary amides is 1. The SMILES string of the molecule is CCCCCC(C)OC(C)(C(N)=O)c1ccccn1. The summed E-state index contributed by atoms with van der Waals surface area (Å²) in [4.78, 5) is 15.9. The van der Waals surface area contributed by atoms with Gasteiger partial charge in [0.2, 0.25) is 0 Å². The molecule has 1 amide bonds. The molecule has 0 saturated heterocycles. The molecule has 2 unspecified atom stereocenters. The zero-order valence-electron chi connectivity index (χ0n) is 12.1. The Bertz CT molecular complexity index is 394. The summed E-state index contributed by atoms with van der Waals surface area (Å²) in [5, 5.41) is 0. The van der Waals surface area contributed by atoms with Crippen LogP contribution in [0.3, 0.4) is 0 Å². The van der Waals surface area contributed by atoms with E-state index in [1.54, 1.807) is 25.3 Å². The van der Waals surface area contributed by atoms with Crippen molar-refractivity contribution in [2.45, 2.75) is 58.2 Å². The average Bonchev–Trinajstić information content (AvgIpc) is 2.39. The smallest absolute Gasteiger partial charge is 0.255 e. The Hall–Kier alpha value is -1.42. The minimum absolute atomic E-state index is 0.0222. The summed E-state index contributed by atoms with van der Waals surface area (Å²) in [6.45, 7) is 5.82. The number of aromatic nitrogens is 1. The molecule has 106 valence electrons. The van der Waals surface area contributed by atoms with E-state index in [1.165, 1.54) is 12.8 Å². The van der Waals surface area contributed by atoms with Gasteiger partial charge in [0, 0.05) is 6.20 Å². The molecule has 0 aromatic carbocycles. The van der Waals surface area contributed by atoms with Gasteiger partial charge in [0.1, 0.15) is 0 Å². The molecule has 1 aromatic rings. The van der Waals surface area contributed by atoms with Crippen molar-refractivity contribution in [1.29, 1.82) is 0 Å². The molecule has 2 N–H and O–H groups in total. The van der Waals surface area contributed by atoms with Gasteiger partial charge < -0.3 is 10.5 Å². The van der Waals surface area contributed by atoms with E-state index in [1.807, 2.05) is 13.0 Å². The van der Waals surface area contributed by atoms with E-state index in [9.17, 15) is 4.79 Å². The molecular formula is C15H24N2O2. The van der Waals surface area contributed by atoms with Gasteiger partial charge in [0.05, 0.1) is 11.8 Å². The second kappa shape index (κ2) is 7.24. The summed E-state index contributed by atoms with van der Waals surface area (Å²) >= 11 is 0. The molecule has 0 bridgehead atoms. The number of nitrogens with two attached hydrogens (primary N) is 1. The number of carbonyl (C=O) groups is 1. The van der Waals surface area contributed by atoms with Crippen LogP contribution in [0.5, 0.6) is 0 Å². The van der Waals surface area contributed by atoms with Crippen LogP contribution in [-0.2, 0) is 15.1 Å². The number of nitrogens with zero attached hydrogens (tertiary/aromatic N) is 1. The Morgan fingerprint density at radius 2 is 2.21 bits per heavy atom. The van der Waals surface area contributed by atoms with Crippen molar-refractivity contribution < 1.29 is 9.53 Å². The molecule has 0 saturated carbocycles. The summed E-state index contributed by atoms with van der Waals surface area (Å²) in [6.07, 6.45) is 5.97. The zero-order valence-corrected chi connectivity index (χ0v) is 12.1.